The fourth-order valence-electron chi connectivity index (χ4n) is 4.36. The zero-order valence-electron chi connectivity index (χ0n) is 24.5. The minimum atomic E-state index is -0.926. The Morgan fingerprint density at radius 1 is 0.921 bits per heavy atom. The van der Waals surface area contributed by atoms with Crippen molar-refractivity contribution in [2.75, 3.05) is 6.61 Å². The molecule has 2 aromatic carbocycles. The second kappa shape index (κ2) is 12.1. The highest BCUT2D eigenvalue weighted by Crippen LogP contribution is 2.40. The third kappa shape index (κ3) is 8.65. The van der Waals surface area contributed by atoms with Crippen molar-refractivity contribution in [3.8, 4) is 5.75 Å². The molecule has 0 aromatic heterocycles. The van der Waals surface area contributed by atoms with Gasteiger partial charge in [-0.3, -0.25) is 0 Å². The lowest BCUT2D eigenvalue weighted by molar-refractivity contribution is -0.0278. The molecular weight excluding hydrogens is 484 g/mol. The summed E-state index contributed by atoms with van der Waals surface area (Å²) in [6.07, 6.45) is -1.65. The molecule has 210 valence electrons. The molecule has 1 atom stereocenters. The van der Waals surface area contributed by atoms with Gasteiger partial charge in [0.2, 0.25) is 0 Å². The molecule has 0 radical (unpaired) electrons. The minimum Gasteiger partial charge on any atom is -0.489 e. The Morgan fingerprint density at radius 3 is 2.03 bits per heavy atom. The van der Waals surface area contributed by atoms with Crippen LogP contribution < -0.4 is 10.2 Å². The van der Waals surface area contributed by atoms with E-state index in [-0.39, 0.29) is 0 Å². The van der Waals surface area contributed by atoms with Gasteiger partial charge in [-0.05, 0) is 78.1 Å². The van der Waals surface area contributed by atoms with Crippen molar-refractivity contribution in [3.63, 3.8) is 0 Å². The topological polar surface area (TPSA) is 97.3 Å². The van der Waals surface area contributed by atoms with Crippen molar-refractivity contribution in [3.05, 3.63) is 64.7 Å². The Kier molecular flexibility index (Phi) is 9.83. The number of carbonyl (C=O) groups excluding carboxylic acids is 2. The van der Waals surface area contributed by atoms with E-state index >= 15 is 0 Å². The highest BCUT2D eigenvalue weighted by Gasteiger charge is 2.43. The van der Waals surface area contributed by atoms with Gasteiger partial charge >= 0.3 is 12.2 Å². The first-order chi connectivity index (χ1) is 17.4. The van der Waals surface area contributed by atoms with Gasteiger partial charge in [0.25, 0.3) is 0 Å². The maximum atomic E-state index is 13.4. The predicted molar refractivity (Wildman–Crippen MR) is 148 cm³/mol. The maximum absolute atomic E-state index is 13.4. The number of hydrogen-bond donors (Lipinski definition) is 2. The van der Waals surface area contributed by atoms with E-state index in [1.165, 1.54) is 0 Å². The van der Waals surface area contributed by atoms with Gasteiger partial charge in [-0.2, -0.15) is 0 Å². The van der Waals surface area contributed by atoms with E-state index in [0.717, 1.165) is 27.3 Å². The van der Waals surface area contributed by atoms with Crippen molar-refractivity contribution in [1.82, 2.24) is 10.4 Å². The summed E-state index contributed by atoms with van der Waals surface area (Å²) >= 11 is 0. The highest BCUT2D eigenvalue weighted by atomic mass is 16.6. The number of hydrazine groups is 1. The summed E-state index contributed by atoms with van der Waals surface area (Å²) in [5.74, 6) is 0.635. The van der Waals surface area contributed by atoms with Crippen LogP contribution >= 0.6 is 0 Å². The zero-order valence-corrected chi connectivity index (χ0v) is 24.5. The number of rotatable bonds is 7. The molecule has 2 N–H and O–H groups in total. The van der Waals surface area contributed by atoms with Gasteiger partial charge in [-0.25, -0.2) is 20.0 Å². The summed E-state index contributed by atoms with van der Waals surface area (Å²) in [4.78, 5) is 26.1. The van der Waals surface area contributed by atoms with Gasteiger partial charge in [-0.15, -0.1) is 0 Å². The van der Waals surface area contributed by atoms with E-state index in [1.54, 1.807) is 41.5 Å². The number of benzene rings is 2. The molecule has 0 aliphatic rings. The van der Waals surface area contributed by atoms with Crippen LogP contribution in [0.15, 0.2) is 42.5 Å². The maximum Gasteiger partial charge on any atom is 0.429 e. The number of carbonyl (C=O) groups is 2. The highest BCUT2D eigenvalue weighted by molar-refractivity contribution is 5.75. The van der Waals surface area contributed by atoms with Crippen LogP contribution in [-0.4, -0.2) is 46.2 Å². The summed E-state index contributed by atoms with van der Waals surface area (Å²) < 4.78 is 17.3. The Balaban J connectivity index is 2.55. The monoisotopic (exact) mass is 528 g/mol. The van der Waals surface area contributed by atoms with E-state index in [2.05, 4.69) is 5.43 Å². The average molecular weight is 529 g/mol. The summed E-state index contributed by atoms with van der Waals surface area (Å²) in [5.41, 5.74) is 3.76. The van der Waals surface area contributed by atoms with Gasteiger partial charge in [-0.1, -0.05) is 50.2 Å². The number of aliphatic hydroxyl groups excluding tert-OH is 1. The van der Waals surface area contributed by atoms with Crippen LogP contribution in [0.1, 0.15) is 77.6 Å². The lowest BCUT2D eigenvalue weighted by atomic mass is 9.75. The molecule has 38 heavy (non-hydrogen) atoms. The van der Waals surface area contributed by atoms with E-state index in [0.29, 0.717) is 12.4 Å². The van der Waals surface area contributed by atoms with Gasteiger partial charge in [0.15, 0.2) is 0 Å². The van der Waals surface area contributed by atoms with E-state index < -0.39 is 41.5 Å². The first-order valence-electron chi connectivity index (χ1n) is 12.9. The number of aliphatic hydroxyl groups is 1. The van der Waals surface area contributed by atoms with Gasteiger partial charge in [0.1, 0.15) is 23.6 Å². The Bertz CT molecular complexity index is 1100. The SMILES string of the molecule is Cc1cc(C)c(C(C)(C)[C@@H](CO)N(NC(=O)OC(C)(C)C)C(=O)OC(C)(C)C)c(OCc2ccccc2)c1. The van der Waals surface area contributed by atoms with Crippen molar-refractivity contribution in [1.29, 1.82) is 0 Å². The van der Waals surface area contributed by atoms with Crippen LogP contribution in [0.2, 0.25) is 0 Å². The molecule has 0 bridgehead atoms. The minimum absolute atomic E-state index is 0.350. The molecule has 0 unspecified atom stereocenters. The third-order valence-corrected chi connectivity index (χ3v) is 5.84. The molecule has 8 nitrogen and oxygen atoms in total. The molecule has 0 saturated heterocycles. The molecule has 0 heterocycles. The Hall–Kier alpha value is -3.26. The summed E-state index contributed by atoms with van der Waals surface area (Å²) in [6.45, 7) is 18.0. The summed E-state index contributed by atoms with van der Waals surface area (Å²) in [6, 6.07) is 12.9. The number of aryl methyl sites for hydroxylation is 2. The normalized spacial score (nSPS) is 12.9. The largest absolute Gasteiger partial charge is 0.489 e. The fraction of sp³-hybridized carbons (Fsp3) is 0.533. The zero-order chi connectivity index (χ0) is 28.9. The Morgan fingerprint density at radius 2 is 1.50 bits per heavy atom. The predicted octanol–water partition coefficient (Wildman–Crippen LogP) is 6.20. The molecule has 0 fully saturated rings. The van der Waals surface area contributed by atoms with Crippen molar-refractivity contribution in [2.45, 2.75) is 98.5 Å². The van der Waals surface area contributed by atoms with E-state index in [4.69, 9.17) is 14.2 Å². The molecule has 0 aliphatic carbocycles. The van der Waals surface area contributed by atoms with Crippen LogP contribution in [0.25, 0.3) is 0 Å². The van der Waals surface area contributed by atoms with Crippen molar-refractivity contribution < 1.29 is 28.9 Å². The third-order valence-electron chi connectivity index (χ3n) is 5.84. The van der Waals surface area contributed by atoms with E-state index in [9.17, 15) is 14.7 Å². The average Bonchev–Trinajstić information content (AvgIpc) is 2.75. The Labute approximate surface area is 227 Å². The molecule has 2 aromatic rings. The van der Waals surface area contributed by atoms with Crippen LogP contribution in [0.3, 0.4) is 0 Å². The van der Waals surface area contributed by atoms with Crippen molar-refractivity contribution in [2.24, 2.45) is 0 Å². The number of ether oxygens (including phenoxy) is 3. The number of hydrogen-bond acceptors (Lipinski definition) is 6. The quantitative estimate of drug-likeness (QED) is 0.416. The summed E-state index contributed by atoms with van der Waals surface area (Å²) in [7, 11) is 0. The second-order valence-corrected chi connectivity index (χ2v) is 12.1. The molecule has 0 spiro atoms. The number of amides is 2. The smallest absolute Gasteiger partial charge is 0.429 e. The molecule has 8 heteroatoms. The van der Waals surface area contributed by atoms with E-state index in [1.807, 2.05) is 70.2 Å². The van der Waals surface area contributed by atoms with Crippen LogP contribution in [0, 0.1) is 13.8 Å². The standard InChI is InChI=1S/C30H44N2O6/c1-20-16-21(2)25(23(17-20)36-19-22-14-12-11-13-15-22)30(9,10)24(18-33)32(27(35)38-29(6,7)8)31-26(34)37-28(3,4)5/h11-17,24,33H,18-19H2,1-10H3,(H,31,34)/t24-/m1/s1. The molecule has 2 amide bonds. The molecule has 0 aliphatic heterocycles. The number of nitrogens with zero attached hydrogens (tertiary/aromatic N) is 1. The fourth-order valence-corrected chi connectivity index (χ4v) is 4.36. The molecule has 2 rings (SSSR count). The van der Waals surface area contributed by atoms with Gasteiger partial charge in [0, 0.05) is 11.0 Å². The van der Waals surface area contributed by atoms with Crippen molar-refractivity contribution >= 4 is 12.2 Å². The van der Waals surface area contributed by atoms with Crippen LogP contribution in [0.5, 0.6) is 5.75 Å². The lowest BCUT2D eigenvalue weighted by Crippen LogP contribution is -2.61. The second-order valence-electron chi connectivity index (χ2n) is 12.1. The summed E-state index contributed by atoms with van der Waals surface area (Å²) in [5, 5.41) is 11.7. The van der Waals surface area contributed by atoms with Gasteiger partial charge in [0.05, 0.1) is 12.6 Å². The van der Waals surface area contributed by atoms with Gasteiger partial charge < -0.3 is 19.3 Å². The lowest BCUT2D eigenvalue weighted by Gasteiger charge is -2.42. The number of nitrogens with one attached hydrogen (secondary N) is 1. The first-order valence-corrected chi connectivity index (χ1v) is 12.9. The molecule has 0 saturated carbocycles. The molecular formula is C30H44N2O6. The first kappa shape index (κ1) is 31.0. The van der Waals surface area contributed by atoms with Crippen LogP contribution in [-0.2, 0) is 21.5 Å². The van der Waals surface area contributed by atoms with Crippen LogP contribution in [0.4, 0.5) is 9.59 Å².